The summed E-state index contributed by atoms with van der Waals surface area (Å²) in [7, 11) is 0. The van der Waals surface area contributed by atoms with E-state index in [4.69, 9.17) is 9.15 Å². The van der Waals surface area contributed by atoms with Crippen LogP contribution in [0.1, 0.15) is 22.0 Å². The lowest BCUT2D eigenvalue weighted by molar-refractivity contribution is -0.144. The summed E-state index contributed by atoms with van der Waals surface area (Å²) in [6.07, 6.45) is 0.885. The monoisotopic (exact) mass is 413 g/mol. The van der Waals surface area contributed by atoms with Crippen LogP contribution in [-0.2, 0) is 29.0 Å². The second-order valence-corrected chi connectivity index (χ2v) is 8.09. The third kappa shape index (κ3) is 3.98. The second-order valence-electron chi connectivity index (χ2n) is 7.14. The van der Waals surface area contributed by atoms with Crippen molar-refractivity contribution in [3.8, 4) is 0 Å². The number of thiazole rings is 1. The maximum atomic E-state index is 12.3. The SMILES string of the molecule is O=C(Cc1cc2c(ccc3ccccc32)o1)OCc1csc(Cc2ccccc2)n1. The molecule has 2 aromatic heterocycles. The fraction of sp³-hybridized carbons (Fsp3) is 0.120. The number of rotatable bonds is 6. The minimum absolute atomic E-state index is 0.101. The fourth-order valence-electron chi connectivity index (χ4n) is 3.55. The van der Waals surface area contributed by atoms with Crippen molar-refractivity contribution in [1.29, 1.82) is 0 Å². The van der Waals surface area contributed by atoms with Gasteiger partial charge in [-0.25, -0.2) is 4.98 Å². The molecule has 0 amide bonds. The first-order chi connectivity index (χ1) is 14.7. The van der Waals surface area contributed by atoms with Crippen molar-refractivity contribution in [1.82, 2.24) is 4.98 Å². The molecule has 5 heteroatoms. The maximum absolute atomic E-state index is 12.3. The zero-order valence-corrected chi connectivity index (χ0v) is 17.0. The van der Waals surface area contributed by atoms with Gasteiger partial charge in [-0.2, -0.15) is 0 Å². The average Bonchev–Trinajstić information content (AvgIpc) is 3.39. The van der Waals surface area contributed by atoms with E-state index in [0.29, 0.717) is 5.76 Å². The molecule has 0 aliphatic heterocycles. The Labute approximate surface area is 177 Å². The van der Waals surface area contributed by atoms with E-state index in [0.717, 1.165) is 38.9 Å². The lowest BCUT2D eigenvalue weighted by Crippen LogP contribution is -2.07. The van der Waals surface area contributed by atoms with Gasteiger partial charge in [-0.05, 0) is 28.5 Å². The molecule has 0 saturated carbocycles. The van der Waals surface area contributed by atoms with Crippen molar-refractivity contribution in [2.45, 2.75) is 19.4 Å². The molecule has 0 radical (unpaired) electrons. The molecule has 0 saturated heterocycles. The van der Waals surface area contributed by atoms with Gasteiger partial charge in [-0.1, -0.05) is 60.7 Å². The van der Waals surface area contributed by atoms with Gasteiger partial charge < -0.3 is 9.15 Å². The first-order valence-corrected chi connectivity index (χ1v) is 10.7. The zero-order chi connectivity index (χ0) is 20.3. The van der Waals surface area contributed by atoms with E-state index in [2.05, 4.69) is 29.2 Å². The quantitative estimate of drug-likeness (QED) is 0.324. The van der Waals surface area contributed by atoms with Gasteiger partial charge >= 0.3 is 5.97 Å². The molecule has 2 heterocycles. The Morgan fingerprint density at radius 1 is 0.967 bits per heavy atom. The van der Waals surface area contributed by atoms with E-state index in [1.165, 1.54) is 5.56 Å². The molecule has 30 heavy (non-hydrogen) atoms. The summed E-state index contributed by atoms with van der Waals surface area (Å²) in [6.45, 7) is 0.174. The molecule has 0 aliphatic rings. The molecule has 0 atom stereocenters. The van der Waals surface area contributed by atoms with Crippen LogP contribution in [0.4, 0.5) is 0 Å². The van der Waals surface area contributed by atoms with Crippen LogP contribution in [0.15, 0.2) is 82.6 Å². The maximum Gasteiger partial charge on any atom is 0.313 e. The van der Waals surface area contributed by atoms with E-state index in [9.17, 15) is 4.79 Å². The molecular formula is C25H19NO3S. The number of ether oxygens (including phenoxy) is 1. The predicted octanol–water partition coefficient (Wildman–Crippen LogP) is 5.92. The Morgan fingerprint density at radius 2 is 1.80 bits per heavy atom. The van der Waals surface area contributed by atoms with Gasteiger partial charge in [0.2, 0.25) is 0 Å². The van der Waals surface area contributed by atoms with Gasteiger partial charge in [0.05, 0.1) is 10.7 Å². The molecule has 0 aliphatic carbocycles. The van der Waals surface area contributed by atoms with Crippen molar-refractivity contribution in [2.75, 3.05) is 0 Å². The summed E-state index contributed by atoms with van der Waals surface area (Å²) in [5, 5.41) is 6.23. The first kappa shape index (κ1) is 18.6. The Bertz CT molecular complexity index is 1320. The minimum Gasteiger partial charge on any atom is -0.460 e. The number of furan rings is 1. The number of fused-ring (bicyclic) bond motifs is 3. The van der Waals surface area contributed by atoms with Crippen molar-refractivity contribution < 1.29 is 13.9 Å². The Balaban J connectivity index is 1.22. The molecule has 5 rings (SSSR count). The summed E-state index contributed by atoms with van der Waals surface area (Å²) < 4.78 is 11.3. The van der Waals surface area contributed by atoms with Crippen LogP contribution < -0.4 is 0 Å². The molecule has 3 aromatic carbocycles. The Morgan fingerprint density at radius 3 is 2.70 bits per heavy atom. The fourth-order valence-corrected chi connectivity index (χ4v) is 4.36. The number of benzene rings is 3. The van der Waals surface area contributed by atoms with Crippen LogP contribution in [0.2, 0.25) is 0 Å². The molecular weight excluding hydrogens is 394 g/mol. The average molecular weight is 413 g/mol. The van der Waals surface area contributed by atoms with E-state index in [-0.39, 0.29) is 19.0 Å². The highest BCUT2D eigenvalue weighted by Gasteiger charge is 2.13. The summed E-state index contributed by atoms with van der Waals surface area (Å²) in [5.74, 6) is 0.283. The number of carbonyl (C=O) groups is 1. The Kier molecular flexibility index (Phi) is 5.03. The predicted molar refractivity (Wildman–Crippen MR) is 119 cm³/mol. The number of hydrogen-bond acceptors (Lipinski definition) is 5. The number of aromatic nitrogens is 1. The smallest absolute Gasteiger partial charge is 0.313 e. The lowest BCUT2D eigenvalue weighted by Gasteiger charge is -2.01. The van der Waals surface area contributed by atoms with Crippen LogP contribution in [-0.4, -0.2) is 11.0 Å². The van der Waals surface area contributed by atoms with Crippen molar-refractivity contribution >= 4 is 39.0 Å². The van der Waals surface area contributed by atoms with Gasteiger partial charge in [-0.15, -0.1) is 11.3 Å². The molecule has 0 bridgehead atoms. The highest BCUT2D eigenvalue weighted by molar-refractivity contribution is 7.09. The third-order valence-electron chi connectivity index (χ3n) is 4.97. The summed E-state index contributed by atoms with van der Waals surface area (Å²) in [4.78, 5) is 16.9. The molecule has 148 valence electrons. The van der Waals surface area contributed by atoms with Gasteiger partial charge in [0.15, 0.2) is 0 Å². The molecule has 4 nitrogen and oxygen atoms in total. The van der Waals surface area contributed by atoms with E-state index >= 15 is 0 Å². The largest absolute Gasteiger partial charge is 0.460 e. The highest BCUT2D eigenvalue weighted by atomic mass is 32.1. The topological polar surface area (TPSA) is 52.3 Å². The van der Waals surface area contributed by atoms with E-state index in [1.807, 2.05) is 53.9 Å². The van der Waals surface area contributed by atoms with E-state index < -0.39 is 0 Å². The number of nitrogens with zero attached hydrogens (tertiary/aromatic N) is 1. The third-order valence-corrected chi connectivity index (χ3v) is 5.87. The van der Waals surface area contributed by atoms with Crippen LogP contribution in [0.5, 0.6) is 0 Å². The normalized spacial score (nSPS) is 11.2. The first-order valence-electron chi connectivity index (χ1n) is 9.77. The van der Waals surface area contributed by atoms with Crippen molar-refractivity contribution in [3.63, 3.8) is 0 Å². The summed E-state index contributed by atoms with van der Waals surface area (Å²) >= 11 is 1.58. The van der Waals surface area contributed by atoms with Crippen LogP contribution in [0.25, 0.3) is 21.7 Å². The minimum atomic E-state index is -0.323. The van der Waals surface area contributed by atoms with Gasteiger partial charge in [0, 0.05) is 17.2 Å². The number of hydrogen-bond donors (Lipinski definition) is 0. The number of carbonyl (C=O) groups excluding carboxylic acids is 1. The number of esters is 1. The van der Waals surface area contributed by atoms with E-state index in [1.54, 1.807) is 11.3 Å². The lowest BCUT2D eigenvalue weighted by atomic mass is 10.1. The van der Waals surface area contributed by atoms with Gasteiger partial charge in [0.1, 0.15) is 24.4 Å². The summed E-state index contributed by atoms with van der Waals surface area (Å²) in [5.41, 5.74) is 2.77. The second kappa shape index (κ2) is 8.13. The summed E-state index contributed by atoms with van der Waals surface area (Å²) in [6, 6.07) is 24.2. The highest BCUT2D eigenvalue weighted by Crippen LogP contribution is 2.28. The zero-order valence-electron chi connectivity index (χ0n) is 16.2. The molecule has 0 spiro atoms. The Hall–Kier alpha value is -3.44. The van der Waals surface area contributed by atoms with Crippen LogP contribution in [0, 0.1) is 0 Å². The molecule has 0 N–H and O–H groups in total. The molecule has 0 fully saturated rings. The molecule has 0 unspecified atom stereocenters. The van der Waals surface area contributed by atoms with Crippen molar-refractivity contribution in [2.24, 2.45) is 0 Å². The standard InChI is InChI=1S/C25H19NO3S/c27-25(28-15-19-16-30-24(26-19)12-17-6-2-1-3-7-17)14-20-13-22-21-9-5-4-8-18(21)10-11-23(22)29-20/h1-11,13,16H,12,14-15H2. The van der Waals surface area contributed by atoms with Crippen LogP contribution in [0.3, 0.4) is 0 Å². The van der Waals surface area contributed by atoms with Crippen molar-refractivity contribution in [3.05, 3.63) is 100 Å². The van der Waals surface area contributed by atoms with Crippen LogP contribution >= 0.6 is 11.3 Å². The van der Waals surface area contributed by atoms with Gasteiger partial charge in [0.25, 0.3) is 0 Å². The van der Waals surface area contributed by atoms with Gasteiger partial charge in [-0.3, -0.25) is 4.79 Å². The molecule has 5 aromatic rings.